The number of pyridine rings is 1. The molecule has 1 N–H and O–H groups in total. The SMILES string of the molecule is COc1ccc(-n2c(C)cc(/C=C3/C(=N)N4N=C(c5cccnc5)SC4=NC3=O)c2C)cc1Cl. The average Bonchev–Trinajstić information content (AvgIpc) is 3.37. The molecule has 8 nitrogen and oxygen atoms in total. The number of rotatable bonds is 4. The third-order valence-corrected chi connectivity index (χ3v) is 6.78. The number of methoxy groups -OCH3 is 1. The van der Waals surface area contributed by atoms with Crippen LogP contribution in [0.5, 0.6) is 5.75 Å². The van der Waals surface area contributed by atoms with Gasteiger partial charge in [-0.15, -0.1) is 0 Å². The second kappa shape index (κ2) is 8.58. The largest absolute Gasteiger partial charge is 0.495 e. The predicted molar refractivity (Wildman–Crippen MR) is 135 cm³/mol. The number of benzene rings is 1. The zero-order valence-electron chi connectivity index (χ0n) is 18.5. The van der Waals surface area contributed by atoms with Gasteiger partial charge in [0.2, 0.25) is 5.17 Å². The van der Waals surface area contributed by atoms with E-state index in [1.54, 1.807) is 25.6 Å². The molecule has 5 rings (SSSR count). The predicted octanol–water partition coefficient (Wildman–Crippen LogP) is 4.82. The van der Waals surface area contributed by atoms with E-state index in [9.17, 15) is 4.79 Å². The standard InChI is InChI=1S/C24H19ClN6O2S/c1-13-9-16(14(2)30(13)17-6-7-20(33-3)19(25)11-17)10-18-21(26)31-24(28-22(18)32)34-23(29-31)15-5-4-8-27-12-15/h4-12,26H,1-3H3/b18-10-,26-21?. The number of ether oxygens (including phenoxy) is 1. The van der Waals surface area contributed by atoms with E-state index in [1.165, 1.54) is 16.8 Å². The summed E-state index contributed by atoms with van der Waals surface area (Å²) in [7, 11) is 1.57. The molecule has 2 aliphatic rings. The van der Waals surface area contributed by atoms with E-state index < -0.39 is 5.91 Å². The molecule has 0 unspecified atom stereocenters. The zero-order valence-corrected chi connectivity index (χ0v) is 20.1. The van der Waals surface area contributed by atoms with Gasteiger partial charge in [-0.05, 0) is 73.6 Å². The molecular formula is C24H19ClN6O2S. The molecule has 0 bridgehead atoms. The van der Waals surface area contributed by atoms with Crippen molar-refractivity contribution in [3.8, 4) is 11.4 Å². The Morgan fingerprint density at radius 2 is 2.03 bits per heavy atom. The molecule has 0 atom stereocenters. The Kier molecular flexibility index (Phi) is 5.59. The summed E-state index contributed by atoms with van der Waals surface area (Å²) in [4.78, 5) is 21.1. The molecule has 0 saturated heterocycles. The van der Waals surface area contributed by atoms with Crippen molar-refractivity contribution in [1.29, 1.82) is 5.41 Å². The smallest absolute Gasteiger partial charge is 0.283 e. The van der Waals surface area contributed by atoms with Gasteiger partial charge in [0, 0.05) is 35.0 Å². The first-order chi connectivity index (χ1) is 16.4. The highest BCUT2D eigenvalue weighted by atomic mass is 35.5. The molecule has 0 saturated carbocycles. The van der Waals surface area contributed by atoms with Gasteiger partial charge in [0.15, 0.2) is 5.84 Å². The fourth-order valence-electron chi connectivity index (χ4n) is 3.88. The highest BCUT2D eigenvalue weighted by Gasteiger charge is 2.36. The number of hydrogen-bond donors (Lipinski definition) is 1. The highest BCUT2D eigenvalue weighted by Crippen LogP contribution is 2.33. The van der Waals surface area contributed by atoms with Crippen LogP contribution in [0.1, 0.15) is 22.5 Å². The zero-order chi connectivity index (χ0) is 24.0. The van der Waals surface area contributed by atoms with E-state index >= 15 is 0 Å². The van der Waals surface area contributed by atoms with Gasteiger partial charge in [-0.2, -0.15) is 15.1 Å². The first-order valence-electron chi connectivity index (χ1n) is 10.3. The fraction of sp³-hybridized carbons (Fsp3) is 0.125. The van der Waals surface area contributed by atoms with Gasteiger partial charge < -0.3 is 9.30 Å². The van der Waals surface area contributed by atoms with Crippen LogP contribution >= 0.6 is 23.4 Å². The molecule has 1 amide bonds. The molecule has 2 aromatic heterocycles. The Hall–Kier alpha value is -3.69. The van der Waals surface area contributed by atoms with Crippen LogP contribution in [0.15, 0.2) is 64.5 Å². The monoisotopic (exact) mass is 490 g/mol. The maximum Gasteiger partial charge on any atom is 0.283 e. The summed E-state index contributed by atoms with van der Waals surface area (Å²) < 4.78 is 7.29. The number of thioether (sulfide) groups is 1. The lowest BCUT2D eigenvalue weighted by molar-refractivity contribution is -0.114. The number of aliphatic imine (C=N–C) groups is 1. The Labute approximate surface area is 205 Å². The van der Waals surface area contributed by atoms with Gasteiger partial charge in [0.1, 0.15) is 10.8 Å². The van der Waals surface area contributed by atoms with Crippen LogP contribution in [0.2, 0.25) is 5.02 Å². The van der Waals surface area contributed by atoms with Crippen LogP contribution in [-0.2, 0) is 4.79 Å². The van der Waals surface area contributed by atoms with Crippen molar-refractivity contribution < 1.29 is 9.53 Å². The Bertz CT molecular complexity index is 1440. The fourth-order valence-corrected chi connectivity index (χ4v) is 5.01. The molecule has 0 radical (unpaired) electrons. The topological polar surface area (TPSA) is 95.9 Å². The molecular weight excluding hydrogens is 472 g/mol. The molecule has 2 aliphatic heterocycles. The number of hydrogen-bond acceptors (Lipinski definition) is 6. The summed E-state index contributed by atoms with van der Waals surface area (Å²) in [5.41, 5.74) is 4.51. The molecule has 10 heteroatoms. The maximum absolute atomic E-state index is 12.8. The van der Waals surface area contributed by atoms with Gasteiger partial charge >= 0.3 is 0 Å². The van der Waals surface area contributed by atoms with Crippen molar-refractivity contribution >= 4 is 51.4 Å². The van der Waals surface area contributed by atoms with Crippen molar-refractivity contribution in [2.24, 2.45) is 10.1 Å². The molecule has 4 heterocycles. The molecule has 34 heavy (non-hydrogen) atoms. The van der Waals surface area contributed by atoms with E-state index in [4.69, 9.17) is 21.7 Å². The summed E-state index contributed by atoms with van der Waals surface area (Å²) in [5, 5.41) is 16.1. The van der Waals surface area contributed by atoms with Crippen molar-refractivity contribution in [3.63, 3.8) is 0 Å². The van der Waals surface area contributed by atoms with Gasteiger partial charge in [-0.1, -0.05) is 11.6 Å². The number of hydrazone groups is 1. The second-order valence-electron chi connectivity index (χ2n) is 7.65. The third-order valence-electron chi connectivity index (χ3n) is 5.53. The van der Waals surface area contributed by atoms with E-state index in [1.807, 2.05) is 54.8 Å². The number of aryl methyl sites for hydroxylation is 1. The summed E-state index contributed by atoms with van der Waals surface area (Å²) in [6, 6.07) is 11.2. The van der Waals surface area contributed by atoms with Crippen LogP contribution < -0.4 is 4.74 Å². The van der Waals surface area contributed by atoms with E-state index in [-0.39, 0.29) is 11.4 Å². The highest BCUT2D eigenvalue weighted by molar-refractivity contribution is 8.27. The van der Waals surface area contributed by atoms with Crippen LogP contribution in [0.3, 0.4) is 0 Å². The van der Waals surface area contributed by atoms with E-state index in [2.05, 4.69) is 15.1 Å². The first kappa shape index (κ1) is 22.1. The average molecular weight is 491 g/mol. The van der Waals surface area contributed by atoms with Crippen LogP contribution in [0.4, 0.5) is 0 Å². The third kappa shape index (κ3) is 3.72. The molecule has 1 aromatic carbocycles. The number of carbonyl (C=O) groups is 1. The summed E-state index contributed by atoms with van der Waals surface area (Å²) in [5.74, 6) is 0.113. The lowest BCUT2D eigenvalue weighted by atomic mass is 10.1. The maximum atomic E-state index is 12.8. The number of nitrogens with zero attached hydrogens (tertiary/aromatic N) is 5. The minimum atomic E-state index is -0.469. The van der Waals surface area contributed by atoms with Crippen molar-refractivity contribution in [2.45, 2.75) is 13.8 Å². The number of nitrogens with one attached hydrogen (secondary N) is 1. The van der Waals surface area contributed by atoms with Gasteiger partial charge in [-0.3, -0.25) is 15.2 Å². The second-order valence-corrected chi connectivity index (χ2v) is 9.01. The minimum absolute atomic E-state index is 0.0151. The van der Waals surface area contributed by atoms with Crippen LogP contribution in [0, 0.1) is 19.3 Å². The Balaban J connectivity index is 1.51. The van der Waals surface area contributed by atoms with Crippen molar-refractivity contribution in [2.75, 3.05) is 7.11 Å². The first-order valence-corrected chi connectivity index (χ1v) is 11.5. The molecule has 3 aromatic rings. The number of carbonyl (C=O) groups excluding carboxylic acids is 1. The molecule has 0 aliphatic carbocycles. The molecule has 170 valence electrons. The van der Waals surface area contributed by atoms with Crippen LogP contribution in [-0.4, -0.2) is 43.6 Å². The van der Waals surface area contributed by atoms with Crippen molar-refractivity contribution in [3.05, 3.63) is 81.9 Å². The van der Waals surface area contributed by atoms with Gasteiger partial charge in [0.05, 0.1) is 17.7 Å². The molecule has 0 spiro atoms. The van der Waals surface area contributed by atoms with Gasteiger partial charge in [-0.25, -0.2) is 0 Å². The normalized spacial score (nSPS) is 16.6. The van der Waals surface area contributed by atoms with E-state index in [0.29, 0.717) is 21.0 Å². The number of halogens is 1. The molecule has 0 fully saturated rings. The van der Waals surface area contributed by atoms with Gasteiger partial charge in [0.25, 0.3) is 5.91 Å². The van der Waals surface area contributed by atoms with Crippen LogP contribution in [0.25, 0.3) is 11.8 Å². The quantitative estimate of drug-likeness (QED) is 0.529. The van der Waals surface area contributed by atoms with Crippen molar-refractivity contribution in [1.82, 2.24) is 14.6 Å². The number of amidine groups is 2. The summed E-state index contributed by atoms with van der Waals surface area (Å²) >= 11 is 7.58. The summed E-state index contributed by atoms with van der Waals surface area (Å²) in [6.07, 6.45) is 5.06. The summed E-state index contributed by atoms with van der Waals surface area (Å²) in [6.45, 7) is 3.92. The number of amides is 1. The minimum Gasteiger partial charge on any atom is -0.495 e. The lowest BCUT2D eigenvalue weighted by Gasteiger charge is -2.20. The number of fused-ring (bicyclic) bond motifs is 1. The number of aromatic nitrogens is 2. The Morgan fingerprint density at radius 3 is 2.74 bits per heavy atom. The lowest BCUT2D eigenvalue weighted by Crippen LogP contribution is -2.35. The van der Waals surface area contributed by atoms with E-state index in [0.717, 1.165) is 28.2 Å². The Morgan fingerprint density at radius 1 is 1.21 bits per heavy atom.